The Kier molecular flexibility index (Phi) is 6.05. The molecule has 0 spiro atoms. The molecule has 2 aliphatic rings. The van der Waals surface area contributed by atoms with Crippen molar-refractivity contribution in [2.75, 3.05) is 67.7 Å². The highest BCUT2D eigenvalue weighted by molar-refractivity contribution is 5.91. The molecule has 0 unspecified atom stereocenters. The number of aromatic nitrogens is 4. The summed E-state index contributed by atoms with van der Waals surface area (Å²) in [6.07, 6.45) is 0. The van der Waals surface area contributed by atoms with Crippen molar-refractivity contribution in [2.45, 2.75) is 13.8 Å². The van der Waals surface area contributed by atoms with Crippen LogP contribution in [0.2, 0.25) is 0 Å². The second kappa shape index (κ2) is 9.28. The number of nitrogens with one attached hydrogen (secondary N) is 1. The minimum atomic E-state index is -0.169. The lowest BCUT2D eigenvalue weighted by molar-refractivity contribution is -0.119. The average molecular weight is 454 g/mol. The fraction of sp³-hybridized carbons (Fsp3) is 0.500. The van der Waals surface area contributed by atoms with Crippen LogP contribution in [0.1, 0.15) is 13.8 Å². The van der Waals surface area contributed by atoms with E-state index in [2.05, 4.69) is 20.1 Å². The van der Waals surface area contributed by atoms with Crippen LogP contribution in [0.25, 0.3) is 22.5 Å². The summed E-state index contributed by atoms with van der Waals surface area (Å²) in [7, 11) is 0. The maximum absolute atomic E-state index is 12.0. The second-order valence-electron chi connectivity index (χ2n) is 8.30. The summed E-state index contributed by atoms with van der Waals surface area (Å²) in [5, 5.41) is 2.70. The fourth-order valence-electron chi connectivity index (χ4n) is 3.66. The minimum absolute atomic E-state index is 0.149. The third-order valence-corrected chi connectivity index (χ3v) is 5.60. The van der Waals surface area contributed by atoms with Crippen LogP contribution in [0.3, 0.4) is 0 Å². The molecule has 0 bridgehead atoms. The number of hydrogen-bond acceptors (Lipinski definition) is 10. The molecule has 2 fully saturated rings. The second-order valence-corrected chi connectivity index (χ2v) is 8.30. The molecular weight excluding hydrogens is 426 g/mol. The van der Waals surface area contributed by atoms with E-state index < -0.39 is 0 Å². The van der Waals surface area contributed by atoms with Crippen molar-refractivity contribution in [3.63, 3.8) is 0 Å². The number of oxazole rings is 1. The SMILES string of the molecule is CC(C)C(=O)Nc1nc2cc(-c3nc(N4CCOCC4)nc(N4CCOCC4)n3)ccc2o1. The molecule has 1 amide bonds. The number of carbonyl (C=O) groups excluding carboxylic acids is 1. The molecule has 0 atom stereocenters. The number of fused-ring (bicyclic) bond motifs is 1. The minimum Gasteiger partial charge on any atom is -0.423 e. The molecule has 2 aromatic heterocycles. The Hall–Kier alpha value is -3.31. The van der Waals surface area contributed by atoms with Crippen LogP contribution >= 0.6 is 0 Å². The van der Waals surface area contributed by atoms with Crippen LogP contribution in [0, 0.1) is 5.92 Å². The average Bonchev–Trinajstić information content (AvgIpc) is 3.26. The zero-order valence-corrected chi connectivity index (χ0v) is 18.8. The third kappa shape index (κ3) is 4.74. The number of carbonyl (C=O) groups is 1. The lowest BCUT2D eigenvalue weighted by Gasteiger charge is -2.30. The summed E-state index contributed by atoms with van der Waals surface area (Å²) >= 11 is 0. The van der Waals surface area contributed by atoms with Gasteiger partial charge in [-0.1, -0.05) is 13.8 Å². The van der Waals surface area contributed by atoms with Crippen LogP contribution in [-0.2, 0) is 14.3 Å². The van der Waals surface area contributed by atoms with Gasteiger partial charge in [0, 0.05) is 37.7 Å². The lowest BCUT2D eigenvalue weighted by atomic mass is 10.2. The molecule has 2 aliphatic heterocycles. The molecule has 33 heavy (non-hydrogen) atoms. The Morgan fingerprint density at radius 1 is 0.909 bits per heavy atom. The predicted octanol–water partition coefficient (Wildman–Crippen LogP) is 1.95. The standard InChI is InChI=1S/C22H27N7O4/c1-14(2)19(30)26-22-23-16-13-15(3-4-17(16)33-22)18-24-20(28-5-9-31-10-6-28)27-21(25-18)29-7-11-32-12-8-29/h3-4,13-14H,5-12H2,1-2H3,(H,23,26,30). The smallest absolute Gasteiger partial charge is 0.302 e. The first-order valence-electron chi connectivity index (χ1n) is 11.2. The number of amides is 1. The molecule has 5 rings (SSSR count). The monoisotopic (exact) mass is 453 g/mol. The Morgan fingerprint density at radius 3 is 2.09 bits per heavy atom. The molecule has 11 nitrogen and oxygen atoms in total. The van der Waals surface area contributed by atoms with Crippen molar-refractivity contribution in [3.8, 4) is 11.4 Å². The molecular formula is C22H27N7O4. The Labute approximate surface area is 191 Å². The largest absolute Gasteiger partial charge is 0.423 e. The third-order valence-electron chi connectivity index (χ3n) is 5.60. The van der Waals surface area contributed by atoms with Gasteiger partial charge in [0.15, 0.2) is 11.4 Å². The highest BCUT2D eigenvalue weighted by Gasteiger charge is 2.22. The van der Waals surface area contributed by atoms with Crippen molar-refractivity contribution < 1.29 is 18.7 Å². The summed E-state index contributed by atoms with van der Waals surface area (Å²) in [6, 6.07) is 5.75. The molecule has 174 valence electrons. The van der Waals surface area contributed by atoms with E-state index in [1.54, 1.807) is 0 Å². The Bertz CT molecular complexity index is 1100. The summed E-state index contributed by atoms with van der Waals surface area (Å²) in [6.45, 7) is 9.12. The lowest BCUT2D eigenvalue weighted by Crippen LogP contribution is -2.40. The van der Waals surface area contributed by atoms with Crippen LogP contribution in [0.5, 0.6) is 0 Å². The highest BCUT2D eigenvalue weighted by Crippen LogP contribution is 2.27. The molecule has 11 heteroatoms. The molecule has 3 aromatic rings. The summed E-state index contributed by atoms with van der Waals surface area (Å²) < 4.78 is 16.7. The van der Waals surface area contributed by atoms with Gasteiger partial charge in [-0.05, 0) is 18.2 Å². The molecule has 4 heterocycles. The molecule has 2 saturated heterocycles. The van der Waals surface area contributed by atoms with Gasteiger partial charge in [0.25, 0.3) is 0 Å². The number of anilines is 3. The zero-order valence-electron chi connectivity index (χ0n) is 18.8. The number of morpholine rings is 2. The van der Waals surface area contributed by atoms with Gasteiger partial charge in [0.2, 0.25) is 17.8 Å². The molecule has 0 aliphatic carbocycles. The number of ether oxygens (including phenoxy) is 2. The van der Waals surface area contributed by atoms with E-state index in [1.807, 2.05) is 32.0 Å². The van der Waals surface area contributed by atoms with Crippen LogP contribution in [0.15, 0.2) is 22.6 Å². The predicted molar refractivity (Wildman–Crippen MR) is 122 cm³/mol. The maximum Gasteiger partial charge on any atom is 0.302 e. The van der Waals surface area contributed by atoms with Crippen LogP contribution < -0.4 is 15.1 Å². The quantitative estimate of drug-likeness (QED) is 0.614. The van der Waals surface area contributed by atoms with Crippen molar-refractivity contribution in [1.29, 1.82) is 0 Å². The van der Waals surface area contributed by atoms with Gasteiger partial charge < -0.3 is 23.7 Å². The van der Waals surface area contributed by atoms with E-state index in [0.717, 1.165) is 31.7 Å². The van der Waals surface area contributed by atoms with Crippen molar-refractivity contribution in [2.24, 2.45) is 5.92 Å². The van der Waals surface area contributed by atoms with Gasteiger partial charge >= 0.3 is 6.01 Å². The van der Waals surface area contributed by atoms with Gasteiger partial charge in [-0.3, -0.25) is 10.1 Å². The van der Waals surface area contributed by atoms with Gasteiger partial charge in [-0.2, -0.15) is 19.9 Å². The number of rotatable bonds is 5. The number of benzene rings is 1. The molecule has 1 aromatic carbocycles. The van der Waals surface area contributed by atoms with E-state index in [1.165, 1.54) is 0 Å². The van der Waals surface area contributed by atoms with Crippen molar-refractivity contribution in [1.82, 2.24) is 19.9 Å². The zero-order chi connectivity index (χ0) is 22.8. The van der Waals surface area contributed by atoms with Crippen molar-refractivity contribution >= 4 is 34.9 Å². The van der Waals surface area contributed by atoms with Gasteiger partial charge in [-0.25, -0.2) is 0 Å². The maximum atomic E-state index is 12.0. The Balaban J connectivity index is 1.50. The molecule has 0 saturated carbocycles. The van der Waals surface area contributed by atoms with E-state index in [-0.39, 0.29) is 17.8 Å². The first-order chi connectivity index (χ1) is 16.1. The Morgan fingerprint density at radius 2 is 1.52 bits per heavy atom. The topological polar surface area (TPSA) is 119 Å². The normalized spacial score (nSPS) is 17.1. The van der Waals surface area contributed by atoms with Crippen LogP contribution in [-0.4, -0.2) is 78.4 Å². The first kappa shape index (κ1) is 21.5. The fourth-order valence-corrected chi connectivity index (χ4v) is 3.66. The number of hydrogen-bond donors (Lipinski definition) is 1. The highest BCUT2D eigenvalue weighted by atomic mass is 16.5. The van der Waals surface area contributed by atoms with E-state index in [4.69, 9.17) is 28.8 Å². The summed E-state index contributed by atoms with van der Waals surface area (Å²) in [5.74, 6) is 1.51. The van der Waals surface area contributed by atoms with E-state index in [9.17, 15) is 4.79 Å². The van der Waals surface area contributed by atoms with E-state index >= 15 is 0 Å². The summed E-state index contributed by atoms with van der Waals surface area (Å²) in [4.78, 5) is 34.9. The number of nitrogens with zero attached hydrogens (tertiary/aromatic N) is 6. The summed E-state index contributed by atoms with van der Waals surface area (Å²) in [5.41, 5.74) is 1.99. The van der Waals surface area contributed by atoms with Gasteiger partial charge in [-0.15, -0.1) is 0 Å². The molecule has 0 radical (unpaired) electrons. The van der Waals surface area contributed by atoms with Gasteiger partial charge in [0.05, 0.1) is 26.4 Å². The van der Waals surface area contributed by atoms with Crippen molar-refractivity contribution in [3.05, 3.63) is 18.2 Å². The van der Waals surface area contributed by atoms with Gasteiger partial charge in [0.1, 0.15) is 5.52 Å². The molecule has 1 N–H and O–H groups in total. The van der Waals surface area contributed by atoms with E-state index in [0.29, 0.717) is 55.2 Å². The van der Waals surface area contributed by atoms with Crippen LogP contribution in [0.4, 0.5) is 17.9 Å². The first-order valence-corrected chi connectivity index (χ1v) is 11.2.